The monoisotopic (exact) mass is 471 g/mol. The summed E-state index contributed by atoms with van der Waals surface area (Å²) in [5.41, 5.74) is 8.27. The van der Waals surface area contributed by atoms with Crippen LogP contribution >= 0.6 is 0 Å². The molecule has 0 atom stereocenters. The van der Waals surface area contributed by atoms with Gasteiger partial charge in [0.15, 0.2) is 0 Å². The fourth-order valence-electron chi connectivity index (χ4n) is 6.04. The molecule has 0 radical (unpaired) electrons. The molecule has 4 aromatic rings. The Hall–Kier alpha value is -2.62. The third-order valence-corrected chi connectivity index (χ3v) is 8.11. The number of fused-ring (bicyclic) bond motifs is 8. The lowest BCUT2D eigenvalue weighted by molar-refractivity contribution is 0.177. The highest BCUT2D eigenvalue weighted by atomic mass is 16.5. The van der Waals surface area contributed by atoms with Gasteiger partial charge in [-0.25, -0.2) is 4.98 Å². The van der Waals surface area contributed by atoms with Crippen molar-refractivity contribution in [2.24, 2.45) is 5.41 Å². The van der Waals surface area contributed by atoms with Gasteiger partial charge in [-0.3, -0.25) is 9.38 Å². The van der Waals surface area contributed by atoms with E-state index in [2.05, 4.69) is 91.8 Å². The maximum atomic E-state index is 6.57. The zero-order valence-corrected chi connectivity index (χ0v) is 23.3. The first-order valence-electron chi connectivity index (χ1n) is 13.1. The largest absolute Gasteiger partial charge is 0.491 e. The van der Waals surface area contributed by atoms with Crippen LogP contribution < -0.4 is 4.74 Å². The lowest BCUT2D eigenvalue weighted by atomic mass is 9.82. The topological polar surface area (TPSA) is 39.4 Å². The van der Waals surface area contributed by atoms with Gasteiger partial charge in [0, 0.05) is 28.3 Å². The molecule has 1 aromatic carbocycles. The molecule has 3 heterocycles. The van der Waals surface area contributed by atoms with E-state index in [0.717, 1.165) is 46.2 Å². The van der Waals surface area contributed by atoms with Gasteiger partial charge in [0.1, 0.15) is 16.9 Å². The Morgan fingerprint density at radius 3 is 2.37 bits per heavy atom. The van der Waals surface area contributed by atoms with E-state index in [4.69, 9.17) is 14.7 Å². The highest BCUT2D eigenvalue weighted by molar-refractivity contribution is 6.01. The Labute approximate surface area is 210 Å². The van der Waals surface area contributed by atoms with E-state index in [1.54, 1.807) is 0 Å². The molecule has 3 aromatic heterocycles. The van der Waals surface area contributed by atoms with Crippen LogP contribution in [-0.4, -0.2) is 21.0 Å². The Morgan fingerprint density at radius 1 is 1.00 bits per heavy atom. The van der Waals surface area contributed by atoms with Crippen LogP contribution in [0, 0.1) is 5.41 Å². The Morgan fingerprint density at radius 2 is 1.71 bits per heavy atom. The van der Waals surface area contributed by atoms with E-state index >= 15 is 0 Å². The number of imidazole rings is 1. The van der Waals surface area contributed by atoms with Gasteiger partial charge in [0.05, 0.1) is 17.6 Å². The average Bonchev–Trinajstić information content (AvgIpc) is 3.23. The molecular formula is C31H41N3O. The summed E-state index contributed by atoms with van der Waals surface area (Å²) >= 11 is 0. The average molecular weight is 472 g/mol. The van der Waals surface area contributed by atoms with Gasteiger partial charge in [-0.2, -0.15) is 0 Å². The van der Waals surface area contributed by atoms with Crippen molar-refractivity contribution in [2.45, 2.75) is 98.3 Å². The van der Waals surface area contributed by atoms with Crippen molar-refractivity contribution in [3.8, 4) is 5.75 Å². The molecule has 0 saturated heterocycles. The summed E-state index contributed by atoms with van der Waals surface area (Å²) in [4.78, 5) is 10.2. The highest BCUT2D eigenvalue weighted by Gasteiger charge is 2.46. The summed E-state index contributed by atoms with van der Waals surface area (Å²) < 4.78 is 9.01. The number of ether oxygens (including phenoxy) is 1. The molecule has 4 heteroatoms. The van der Waals surface area contributed by atoms with Gasteiger partial charge in [0.25, 0.3) is 0 Å². The molecule has 0 fully saturated rings. The standard InChI is InChI=1S/C31H41N3O/c1-11-29(5,6)18-35-22-16-19(28(2,3)4)15-21-25(22)33-27-20-13-12-14-32-24(20)23-26(34(21)27)31(9,10)17-30(23,7)8/h12-16H,11,17-18H2,1-10H3. The summed E-state index contributed by atoms with van der Waals surface area (Å²) in [6.07, 6.45) is 4.06. The van der Waals surface area contributed by atoms with Crippen molar-refractivity contribution in [1.82, 2.24) is 14.4 Å². The van der Waals surface area contributed by atoms with Crippen molar-refractivity contribution in [3.63, 3.8) is 0 Å². The van der Waals surface area contributed by atoms with Crippen molar-refractivity contribution in [1.29, 1.82) is 0 Å². The quantitative estimate of drug-likeness (QED) is 0.302. The molecule has 4 nitrogen and oxygen atoms in total. The smallest absolute Gasteiger partial charge is 0.147 e. The number of benzene rings is 1. The molecule has 5 rings (SSSR count). The van der Waals surface area contributed by atoms with Crippen molar-refractivity contribution >= 4 is 27.6 Å². The lowest BCUT2D eigenvalue weighted by Gasteiger charge is -2.25. The molecule has 0 spiro atoms. The number of hydrogen-bond donors (Lipinski definition) is 0. The van der Waals surface area contributed by atoms with Crippen LogP contribution in [0.5, 0.6) is 5.75 Å². The molecule has 1 aliphatic carbocycles. The number of rotatable bonds is 4. The van der Waals surface area contributed by atoms with Crippen molar-refractivity contribution in [2.75, 3.05) is 6.61 Å². The number of hydrogen-bond acceptors (Lipinski definition) is 3. The van der Waals surface area contributed by atoms with Crippen LogP contribution in [0.2, 0.25) is 0 Å². The molecule has 1 aliphatic rings. The van der Waals surface area contributed by atoms with Crippen LogP contribution in [0.25, 0.3) is 27.6 Å². The molecule has 186 valence electrons. The maximum absolute atomic E-state index is 6.57. The first-order valence-corrected chi connectivity index (χ1v) is 13.1. The van der Waals surface area contributed by atoms with Gasteiger partial charge in [-0.15, -0.1) is 0 Å². The van der Waals surface area contributed by atoms with Gasteiger partial charge in [-0.1, -0.05) is 69.2 Å². The summed E-state index contributed by atoms with van der Waals surface area (Å²) in [5, 5.41) is 1.12. The molecular weight excluding hydrogens is 430 g/mol. The summed E-state index contributed by atoms with van der Waals surface area (Å²) in [7, 11) is 0. The van der Waals surface area contributed by atoms with E-state index in [1.807, 2.05) is 12.3 Å². The molecule has 0 amide bonds. The summed E-state index contributed by atoms with van der Waals surface area (Å²) in [5.74, 6) is 0.888. The SMILES string of the molecule is CCC(C)(C)COc1cc(C(C)(C)C)cc2c1nc1c3cccnc3c3c(n21)C(C)(C)CC3(C)C. The van der Waals surface area contributed by atoms with E-state index in [1.165, 1.54) is 16.8 Å². The minimum absolute atomic E-state index is 0.000611. The number of nitrogens with zero attached hydrogens (tertiary/aromatic N) is 3. The van der Waals surface area contributed by atoms with Crippen LogP contribution in [-0.2, 0) is 16.2 Å². The Kier molecular flexibility index (Phi) is 5.12. The minimum atomic E-state index is -0.00685. The second kappa shape index (κ2) is 7.44. The van der Waals surface area contributed by atoms with Gasteiger partial charge in [0.2, 0.25) is 0 Å². The zero-order valence-electron chi connectivity index (χ0n) is 23.3. The maximum Gasteiger partial charge on any atom is 0.147 e. The lowest BCUT2D eigenvalue weighted by Crippen LogP contribution is -2.21. The first kappa shape index (κ1) is 24.1. The second-order valence-electron chi connectivity index (χ2n) is 13.7. The second-order valence-corrected chi connectivity index (χ2v) is 13.7. The summed E-state index contributed by atoms with van der Waals surface area (Å²) in [6, 6.07) is 8.77. The van der Waals surface area contributed by atoms with Crippen LogP contribution in [0.4, 0.5) is 0 Å². The van der Waals surface area contributed by atoms with E-state index < -0.39 is 0 Å². The minimum Gasteiger partial charge on any atom is -0.491 e. The highest BCUT2D eigenvalue weighted by Crippen LogP contribution is 2.53. The van der Waals surface area contributed by atoms with Crippen LogP contribution in [0.1, 0.15) is 98.9 Å². The van der Waals surface area contributed by atoms with E-state index in [-0.39, 0.29) is 21.7 Å². The summed E-state index contributed by atoms with van der Waals surface area (Å²) in [6.45, 7) is 23.7. The fourth-order valence-corrected chi connectivity index (χ4v) is 6.04. The van der Waals surface area contributed by atoms with Crippen LogP contribution in [0.3, 0.4) is 0 Å². The predicted octanol–water partition coefficient (Wildman–Crippen LogP) is 8.11. The number of aromatic nitrogens is 3. The molecule has 0 aliphatic heterocycles. The van der Waals surface area contributed by atoms with Crippen molar-refractivity contribution in [3.05, 3.63) is 47.3 Å². The molecule has 0 bridgehead atoms. The van der Waals surface area contributed by atoms with Crippen molar-refractivity contribution < 1.29 is 4.74 Å². The zero-order chi connectivity index (χ0) is 25.6. The normalized spacial score (nSPS) is 17.4. The predicted molar refractivity (Wildman–Crippen MR) is 147 cm³/mol. The fraction of sp³-hybridized carbons (Fsp3) is 0.548. The van der Waals surface area contributed by atoms with E-state index in [0.29, 0.717) is 6.61 Å². The molecule has 0 saturated carbocycles. The van der Waals surface area contributed by atoms with Gasteiger partial charge < -0.3 is 4.74 Å². The molecule has 0 unspecified atom stereocenters. The molecule has 35 heavy (non-hydrogen) atoms. The van der Waals surface area contributed by atoms with Crippen LogP contribution in [0.15, 0.2) is 30.5 Å². The Bertz CT molecular complexity index is 1460. The third kappa shape index (κ3) is 3.72. The first-order chi connectivity index (χ1) is 16.2. The molecule has 0 N–H and O–H groups in total. The van der Waals surface area contributed by atoms with E-state index in [9.17, 15) is 0 Å². The Balaban J connectivity index is 1.95. The third-order valence-electron chi connectivity index (χ3n) is 8.11. The van der Waals surface area contributed by atoms with Gasteiger partial charge >= 0.3 is 0 Å². The number of pyridine rings is 2. The van der Waals surface area contributed by atoms with Gasteiger partial charge in [-0.05, 0) is 58.9 Å².